The van der Waals surface area contributed by atoms with Gasteiger partial charge >= 0.3 is 6.36 Å². The Kier molecular flexibility index (Phi) is 3.87. The van der Waals surface area contributed by atoms with Crippen LogP contribution in [0.5, 0.6) is 5.75 Å². The maximum Gasteiger partial charge on any atom is 0.573 e. The summed E-state index contributed by atoms with van der Waals surface area (Å²) in [7, 11) is -3.21. The van der Waals surface area contributed by atoms with Crippen molar-refractivity contribution >= 4 is 9.84 Å². The number of aliphatic hydroxyl groups is 1. The lowest BCUT2D eigenvalue weighted by Gasteiger charge is -2.44. The van der Waals surface area contributed by atoms with Gasteiger partial charge in [0.2, 0.25) is 0 Å². The molecule has 0 aromatic heterocycles. The summed E-state index contributed by atoms with van der Waals surface area (Å²) in [5.41, 5.74) is -0.892. The Morgan fingerprint density at radius 2 is 1.61 bits per heavy atom. The van der Waals surface area contributed by atoms with Crippen molar-refractivity contribution in [2.45, 2.75) is 54.6 Å². The van der Waals surface area contributed by atoms with E-state index < -0.39 is 32.3 Å². The summed E-state index contributed by atoms with van der Waals surface area (Å²) < 4.78 is 64.9. The molecule has 2 aliphatic heterocycles. The van der Waals surface area contributed by atoms with E-state index >= 15 is 0 Å². The quantitative estimate of drug-likeness (QED) is 0.891. The van der Waals surface area contributed by atoms with Gasteiger partial charge in [-0.3, -0.25) is 0 Å². The van der Waals surface area contributed by atoms with E-state index in [4.69, 9.17) is 0 Å². The van der Waals surface area contributed by atoms with Crippen LogP contribution in [-0.2, 0) is 15.4 Å². The van der Waals surface area contributed by atoms with Crippen molar-refractivity contribution in [2.24, 2.45) is 0 Å². The number of ether oxygens (including phenoxy) is 1. The molecule has 0 saturated carbocycles. The molecule has 1 aromatic rings. The minimum absolute atomic E-state index is 0.0886. The second-order valence-corrected chi connectivity index (χ2v) is 8.79. The van der Waals surface area contributed by atoms with Gasteiger partial charge in [-0.25, -0.2) is 8.42 Å². The van der Waals surface area contributed by atoms with Gasteiger partial charge in [0, 0.05) is 0 Å². The van der Waals surface area contributed by atoms with E-state index in [-0.39, 0.29) is 18.6 Å². The number of rotatable bonds is 2. The Hall–Kier alpha value is -1.28. The fraction of sp³-hybridized carbons (Fsp3) is 0.600. The molecule has 0 aliphatic carbocycles. The van der Waals surface area contributed by atoms with Gasteiger partial charge in [-0.15, -0.1) is 13.2 Å². The third-order valence-corrected chi connectivity index (χ3v) is 7.40. The number of hydrogen-bond acceptors (Lipinski definition) is 4. The Morgan fingerprint density at radius 3 is 2.09 bits per heavy atom. The van der Waals surface area contributed by atoms with Crippen LogP contribution >= 0.6 is 0 Å². The fourth-order valence-electron chi connectivity index (χ4n) is 3.65. The third kappa shape index (κ3) is 3.19. The van der Waals surface area contributed by atoms with Crippen LogP contribution in [0.2, 0.25) is 0 Å². The largest absolute Gasteiger partial charge is 0.573 e. The van der Waals surface area contributed by atoms with E-state index in [1.54, 1.807) is 0 Å². The highest BCUT2D eigenvalue weighted by molar-refractivity contribution is 7.92. The van der Waals surface area contributed by atoms with Crippen LogP contribution in [0.1, 0.15) is 37.7 Å². The fourth-order valence-corrected chi connectivity index (χ4v) is 6.20. The van der Waals surface area contributed by atoms with E-state index in [1.165, 1.54) is 12.1 Å². The molecular weight excluding hydrogens is 333 g/mol. The Bertz CT molecular complexity index is 662. The smallest absolute Gasteiger partial charge is 0.406 e. The van der Waals surface area contributed by atoms with Crippen molar-refractivity contribution in [2.75, 3.05) is 0 Å². The average molecular weight is 350 g/mol. The molecule has 2 atom stereocenters. The second kappa shape index (κ2) is 5.37. The first-order chi connectivity index (χ1) is 10.6. The molecule has 2 aliphatic rings. The highest BCUT2D eigenvalue weighted by Gasteiger charge is 2.50. The highest BCUT2D eigenvalue weighted by atomic mass is 32.2. The van der Waals surface area contributed by atoms with Crippen LogP contribution in [-0.4, -0.2) is 30.4 Å². The number of sulfone groups is 1. The predicted molar refractivity (Wildman–Crippen MR) is 76.6 cm³/mol. The maximum absolute atomic E-state index is 12.3. The monoisotopic (exact) mass is 350 g/mol. The van der Waals surface area contributed by atoms with Gasteiger partial charge in [-0.2, -0.15) is 0 Å². The zero-order valence-corrected chi connectivity index (χ0v) is 13.0. The summed E-state index contributed by atoms with van der Waals surface area (Å²) in [6, 6.07) is 5.02. The second-order valence-electron chi connectivity index (χ2n) is 6.28. The average Bonchev–Trinajstić information content (AvgIpc) is 2.40. The SMILES string of the molecule is O=S1(=O)C2CCCC1CC(O)(c1ccc(OC(F)(F)F)cc1)C2. The lowest BCUT2D eigenvalue weighted by atomic mass is 9.80. The van der Waals surface area contributed by atoms with E-state index in [0.29, 0.717) is 18.4 Å². The third-order valence-electron chi connectivity index (χ3n) is 4.74. The zero-order chi connectivity index (χ0) is 16.9. The van der Waals surface area contributed by atoms with E-state index in [0.717, 1.165) is 18.6 Å². The van der Waals surface area contributed by atoms with Crippen molar-refractivity contribution in [3.8, 4) is 5.75 Å². The molecule has 1 N–H and O–H groups in total. The number of fused-ring (bicyclic) bond motifs is 2. The molecule has 2 bridgehead atoms. The number of alkyl halides is 3. The number of benzene rings is 1. The summed E-state index contributed by atoms with van der Waals surface area (Å²) in [6.07, 6.45) is -2.72. The van der Waals surface area contributed by atoms with Crippen molar-refractivity contribution in [1.29, 1.82) is 0 Å². The van der Waals surface area contributed by atoms with Gasteiger partial charge < -0.3 is 9.84 Å². The molecule has 128 valence electrons. The molecule has 0 radical (unpaired) electrons. The van der Waals surface area contributed by atoms with Crippen LogP contribution in [0.3, 0.4) is 0 Å². The summed E-state index contributed by atoms with van der Waals surface area (Å²) in [5, 5.41) is 9.72. The van der Waals surface area contributed by atoms with Crippen LogP contribution in [0.4, 0.5) is 13.2 Å². The first-order valence-electron chi connectivity index (χ1n) is 7.42. The molecule has 3 rings (SSSR count). The molecule has 23 heavy (non-hydrogen) atoms. The lowest BCUT2D eigenvalue weighted by Crippen LogP contribution is -2.50. The van der Waals surface area contributed by atoms with Crippen LogP contribution in [0.25, 0.3) is 0 Å². The molecule has 2 fully saturated rings. The van der Waals surface area contributed by atoms with Crippen LogP contribution in [0, 0.1) is 0 Å². The topological polar surface area (TPSA) is 63.6 Å². The van der Waals surface area contributed by atoms with Crippen molar-refractivity contribution < 1.29 is 31.4 Å². The number of halogens is 3. The van der Waals surface area contributed by atoms with Gasteiger partial charge in [0.25, 0.3) is 0 Å². The minimum Gasteiger partial charge on any atom is -0.406 e. The first-order valence-corrected chi connectivity index (χ1v) is 9.02. The van der Waals surface area contributed by atoms with Crippen LogP contribution in [0.15, 0.2) is 24.3 Å². The summed E-state index contributed by atoms with van der Waals surface area (Å²) in [6.45, 7) is 0. The van der Waals surface area contributed by atoms with Crippen LogP contribution < -0.4 is 4.74 Å². The van der Waals surface area contributed by atoms with Gasteiger partial charge in [0.05, 0.1) is 16.1 Å². The Morgan fingerprint density at radius 1 is 1.09 bits per heavy atom. The Labute approximate surface area is 132 Å². The molecule has 8 heteroatoms. The van der Waals surface area contributed by atoms with Gasteiger partial charge in [-0.1, -0.05) is 18.6 Å². The standard InChI is InChI=1S/C15H17F3O4S/c16-15(17,18)22-11-6-4-10(5-7-11)14(19)8-12-2-1-3-13(9-14)23(12,20)21/h4-7,12-13,19H,1-3,8-9H2. The first kappa shape index (κ1) is 16.6. The summed E-state index contributed by atoms with van der Waals surface area (Å²) in [5.74, 6) is -0.367. The maximum atomic E-state index is 12.3. The molecule has 0 amide bonds. The van der Waals surface area contributed by atoms with E-state index in [9.17, 15) is 26.7 Å². The molecule has 2 heterocycles. The van der Waals surface area contributed by atoms with Crippen molar-refractivity contribution in [1.82, 2.24) is 0 Å². The normalized spacial score (nSPS) is 33.2. The van der Waals surface area contributed by atoms with Crippen molar-refractivity contribution in [3.05, 3.63) is 29.8 Å². The highest BCUT2D eigenvalue weighted by Crippen LogP contribution is 2.46. The van der Waals surface area contributed by atoms with Gasteiger partial charge in [0.1, 0.15) is 5.75 Å². The van der Waals surface area contributed by atoms with E-state index in [2.05, 4.69) is 4.74 Å². The molecule has 2 unspecified atom stereocenters. The minimum atomic E-state index is -4.77. The Balaban J connectivity index is 1.84. The molecule has 4 nitrogen and oxygen atoms in total. The molecule has 2 saturated heterocycles. The van der Waals surface area contributed by atoms with Gasteiger partial charge in [0.15, 0.2) is 9.84 Å². The molecule has 0 spiro atoms. The summed E-state index contributed by atoms with van der Waals surface area (Å²) in [4.78, 5) is 0. The summed E-state index contributed by atoms with van der Waals surface area (Å²) >= 11 is 0. The lowest BCUT2D eigenvalue weighted by molar-refractivity contribution is -0.274. The number of hydrogen-bond donors (Lipinski definition) is 1. The van der Waals surface area contributed by atoms with E-state index in [1.807, 2.05) is 0 Å². The molecular formula is C15H17F3O4S. The predicted octanol–water partition coefficient (Wildman–Crippen LogP) is 2.90. The zero-order valence-electron chi connectivity index (χ0n) is 12.2. The molecule has 1 aromatic carbocycles. The van der Waals surface area contributed by atoms with Gasteiger partial charge in [-0.05, 0) is 43.4 Å². The van der Waals surface area contributed by atoms with Crippen molar-refractivity contribution in [3.63, 3.8) is 0 Å².